The molecule has 5 nitrogen and oxygen atoms in total. The molecule has 1 atom stereocenters. The van der Waals surface area contributed by atoms with Crippen molar-refractivity contribution < 1.29 is 14.3 Å². The van der Waals surface area contributed by atoms with Crippen LogP contribution < -0.4 is 10.6 Å². The third-order valence-corrected chi connectivity index (χ3v) is 4.34. The number of carbonyl (C=O) groups excluding carboxylic acids is 2. The topological polar surface area (TPSA) is 67.4 Å². The van der Waals surface area contributed by atoms with Gasteiger partial charge in [0.15, 0.2) is 0 Å². The normalized spacial score (nSPS) is 17.0. The van der Waals surface area contributed by atoms with Crippen molar-refractivity contribution >= 4 is 29.3 Å². The number of hydrogen-bond acceptors (Lipinski definition) is 4. The van der Waals surface area contributed by atoms with Crippen molar-refractivity contribution in [3.63, 3.8) is 0 Å². The monoisotopic (exact) mass is 308 g/mol. The number of para-hydroxylation sites is 1. The number of ether oxygens (including phenoxy) is 1. The molecule has 1 aliphatic heterocycles. The van der Waals surface area contributed by atoms with Gasteiger partial charge in [-0.15, -0.1) is 11.8 Å². The number of fused-ring (bicyclic) bond motifs is 1. The number of thioether (sulfide) groups is 1. The molecular formula is C15H20N2O3S. The summed E-state index contributed by atoms with van der Waals surface area (Å²) in [6, 6.07) is 7.62. The van der Waals surface area contributed by atoms with Crippen LogP contribution in [0.2, 0.25) is 0 Å². The lowest BCUT2D eigenvalue weighted by Gasteiger charge is -2.23. The smallest absolute Gasteiger partial charge is 0.238 e. The van der Waals surface area contributed by atoms with E-state index in [1.807, 2.05) is 31.2 Å². The number of hydrogen-bond donors (Lipinski definition) is 2. The van der Waals surface area contributed by atoms with Gasteiger partial charge >= 0.3 is 0 Å². The van der Waals surface area contributed by atoms with E-state index < -0.39 is 0 Å². The molecule has 0 aromatic heterocycles. The Morgan fingerprint density at radius 1 is 1.43 bits per heavy atom. The number of amides is 2. The number of benzene rings is 1. The predicted molar refractivity (Wildman–Crippen MR) is 83.5 cm³/mol. The Kier molecular flexibility index (Phi) is 6.07. The fraction of sp³-hybridized carbons (Fsp3) is 0.467. The SMILES string of the molecule is CCOCCCNC(=O)CC1Sc2ccccc2NC1=O. The van der Waals surface area contributed by atoms with Gasteiger partial charge in [0.25, 0.3) is 0 Å². The quantitative estimate of drug-likeness (QED) is 0.756. The average molecular weight is 308 g/mol. The first-order valence-corrected chi connectivity index (χ1v) is 7.99. The van der Waals surface area contributed by atoms with Gasteiger partial charge in [-0.25, -0.2) is 0 Å². The van der Waals surface area contributed by atoms with Crippen LogP contribution in [-0.4, -0.2) is 36.8 Å². The molecule has 0 saturated carbocycles. The maximum absolute atomic E-state index is 12.0. The van der Waals surface area contributed by atoms with Gasteiger partial charge in [0.05, 0.1) is 10.9 Å². The number of rotatable bonds is 7. The van der Waals surface area contributed by atoms with E-state index in [0.29, 0.717) is 19.8 Å². The minimum Gasteiger partial charge on any atom is -0.382 e. The first kappa shape index (κ1) is 15.9. The van der Waals surface area contributed by atoms with Gasteiger partial charge in [-0.2, -0.15) is 0 Å². The number of nitrogens with one attached hydrogen (secondary N) is 2. The molecule has 1 heterocycles. The first-order chi connectivity index (χ1) is 10.2. The molecular weight excluding hydrogens is 288 g/mol. The van der Waals surface area contributed by atoms with Crippen molar-refractivity contribution in [2.75, 3.05) is 25.1 Å². The average Bonchev–Trinajstić information content (AvgIpc) is 2.48. The molecule has 0 radical (unpaired) electrons. The molecule has 1 aromatic carbocycles. The minimum atomic E-state index is -0.369. The van der Waals surface area contributed by atoms with Crippen LogP contribution in [0.5, 0.6) is 0 Å². The zero-order chi connectivity index (χ0) is 15.1. The van der Waals surface area contributed by atoms with Crippen LogP contribution in [0.4, 0.5) is 5.69 Å². The summed E-state index contributed by atoms with van der Waals surface area (Å²) in [6.07, 6.45) is 0.978. The van der Waals surface area contributed by atoms with Crippen molar-refractivity contribution in [2.45, 2.75) is 29.9 Å². The third kappa shape index (κ3) is 4.75. The fourth-order valence-electron chi connectivity index (χ4n) is 2.01. The molecule has 2 amide bonds. The van der Waals surface area contributed by atoms with Crippen molar-refractivity contribution in [3.8, 4) is 0 Å². The molecule has 0 fully saturated rings. The van der Waals surface area contributed by atoms with Crippen LogP contribution in [0.25, 0.3) is 0 Å². The van der Waals surface area contributed by atoms with Gasteiger partial charge in [-0.1, -0.05) is 12.1 Å². The van der Waals surface area contributed by atoms with E-state index >= 15 is 0 Å². The summed E-state index contributed by atoms with van der Waals surface area (Å²) in [7, 11) is 0. The zero-order valence-electron chi connectivity index (χ0n) is 12.1. The summed E-state index contributed by atoms with van der Waals surface area (Å²) in [6.45, 7) is 3.85. The van der Waals surface area contributed by atoms with E-state index in [0.717, 1.165) is 17.0 Å². The zero-order valence-corrected chi connectivity index (χ0v) is 12.9. The van der Waals surface area contributed by atoms with Crippen LogP contribution in [0.15, 0.2) is 29.2 Å². The second-order valence-corrected chi connectivity index (χ2v) is 5.94. The van der Waals surface area contributed by atoms with Gasteiger partial charge in [0, 0.05) is 31.1 Å². The fourth-order valence-corrected chi connectivity index (χ4v) is 3.12. The standard InChI is InChI=1S/C15H20N2O3S/c1-2-20-9-5-8-16-14(18)10-13-15(19)17-11-6-3-4-7-12(11)21-13/h3-4,6-7,13H,2,5,8-10H2,1H3,(H,16,18)(H,17,19). The Labute approximate surface area is 128 Å². The predicted octanol–water partition coefficient (Wildman–Crippen LogP) is 2.03. The highest BCUT2D eigenvalue weighted by Gasteiger charge is 2.28. The molecule has 0 aliphatic carbocycles. The van der Waals surface area contributed by atoms with Gasteiger partial charge in [0.2, 0.25) is 11.8 Å². The summed E-state index contributed by atoms with van der Waals surface area (Å²) in [4.78, 5) is 24.8. The highest BCUT2D eigenvalue weighted by Crippen LogP contribution is 2.36. The van der Waals surface area contributed by atoms with Crippen LogP contribution in [-0.2, 0) is 14.3 Å². The molecule has 1 aliphatic rings. The molecule has 6 heteroatoms. The van der Waals surface area contributed by atoms with Crippen molar-refractivity contribution in [3.05, 3.63) is 24.3 Å². The van der Waals surface area contributed by atoms with E-state index in [2.05, 4.69) is 10.6 Å². The lowest BCUT2D eigenvalue weighted by atomic mass is 10.2. The molecule has 21 heavy (non-hydrogen) atoms. The second-order valence-electron chi connectivity index (χ2n) is 4.70. The van der Waals surface area contributed by atoms with E-state index in [1.165, 1.54) is 11.8 Å². The number of anilines is 1. The van der Waals surface area contributed by atoms with Gasteiger partial charge < -0.3 is 15.4 Å². The molecule has 1 aromatic rings. The first-order valence-electron chi connectivity index (χ1n) is 7.11. The summed E-state index contributed by atoms with van der Waals surface area (Å²) in [5.41, 5.74) is 0.820. The second kappa shape index (κ2) is 8.05. The van der Waals surface area contributed by atoms with Crippen molar-refractivity contribution in [1.82, 2.24) is 5.32 Å². The van der Waals surface area contributed by atoms with E-state index in [4.69, 9.17) is 4.74 Å². The lowest BCUT2D eigenvalue weighted by molar-refractivity contribution is -0.124. The van der Waals surface area contributed by atoms with Crippen LogP contribution >= 0.6 is 11.8 Å². The molecule has 2 rings (SSSR count). The molecule has 0 saturated heterocycles. The molecule has 2 N–H and O–H groups in total. The summed E-state index contributed by atoms with van der Waals surface area (Å²) in [5, 5.41) is 5.29. The minimum absolute atomic E-state index is 0.0986. The third-order valence-electron chi connectivity index (χ3n) is 3.07. The Bertz CT molecular complexity index is 507. The van der Waals surface area contributed by atoms with Crippen LogP contribution in [0, 0.1) is 0 Å². The van der Waals surface area contributed by atoms with E-state index in [9.17, 15) is 9.59 Å². The summed E-state index contributed by atoms with van der Waals surface area (Å²) in [5.74, 6) is -0.207. The lowest BCUT2D eigenvalue weighted by Crippen LogP contribution is -2.35. The Hall–Kier alpha value is -1.53. The van der Waals surface area contributed by atoms with Crippen LogP contribution in [0.1, 0.15) is 19.8 Å². The largest absolute Gasteiger partial charge is 0.382 e. The maximum Gasteiger partial charge on any atom is 0.238 e. The van der Waals surface area contributed by atoms with Gasteiger partial charge in [-0.05, 0) is 25.5 Å². The summed E-state index contributed by atoms with van der Waals surface area (Å²) >= 11 is 1.44. The molecule has 1 unspecified atom stereocenters. The molecule has 114 valence electrons. The van der Waals surface area contributed by atoms with Gasteiger partial charge in [0.1, 0.15) is 0 Å². The highest BCUT2D eigenvalue weighted by molar-refractivity contribution is 8.01. The van der Waals surface area contributed by atoms with Crippen molar-refractivity contribution in [1.29, 1.82) is 0 Å². The van der Waals surface area contributed by atoms with E-state index in [1.54, 1.807) is 0 Å². The Morgan fingerprint density at radius 3 is 3.05 bits per heavy atom. The number of carbonyl (C=O) groups is 2. The van der Waals surface area contributed by atoms with Crippen molar-refractivity contribution in [2.24, 2.45) is 0 Å². The molecule has 0 spiro atoms. The van der Waals surface area contributed by atoms with Crippen LogP contribution in [0.3, 0.4) is 0 Å². The Balaban J connectivity index is 1.78. The molecule has 0 bridgehead atoms. The van der Waals surface area contributed by atoms with E-state index in [-0.39, 0.29) is 23.5 Å². The Morgan fingerprint density at radius 2 is 2.24 bits per heavy atom. The summed E-state index contributed by atoms with van der Waals surface area (Å²) < 4.78 is 5.20. The highest BCUT2D eigenvalue weighted by atomic mass is 32.2. The maximum atomic E-state index is 12.0. The van der Waals surface area contributed by atoms with Gasteiger partial charge in [-0.3, -0.25) is 9.59 Å².